The van der Waals surface area contributed by atoms with Gasteiger partial charge in [-0.1, -0.05) is 18.2 Å². The van der Waals surface area contributed by atoms with Gasteiger partial charge in [-0.3, -0.25) is 4.79 Å². The van der Waals surface area contributed by atoms with E-state index >= 15 is 0 Å². The summed E-state index contributed by atoms with van der Waals surface area (Å²) >= 11 is 0. The van der Waals surface area contributed by atoms with E-state index in [9.17, 15) is 4.79 Å². The van der Waals surface area contributed by atoms with Crippen LogP contribution in [-0.4, -0.2) is 23.6 Å². The summed E-state index contributed by atoms with van der Waals surface area (Å²) in [7, 11) is 2.08. The summed E-state index contributed by atoms with van der Waals surface area (Å²) in [5.74, 6) is 0.102. The number of aromatic nitrogens is 1. The average molecular weight is 298 g/mol. The van der Waals surface area contributed by atoms with E-state index in [0.29, 0.717) is 12.6 Å². The minimum atomic E-state index is 0.102. The molecule has 3 rings (SSSR count). The van der Waals surface area contributed by atoms with Gasteiger partial charge in [0.1, 0.15) is 6.04 Å². The molecule has 0 aliphatic carbocycles. The predicted octanol–water partition coefficient (Wildman–Crippen LogP) is 1.69. The number of aryl methyl sites for hydroxylation is 2. The van der Waals surface area contributed by atoms with Crippen LogP contribution >= 0.6 is 0 Å². The fraction of sp³-hybridized carbons (Fsp3) is 0.389. The number of para-hydroxylation sites is 1. The molecule has 1 fully saturated rings. The molecule has 1 aliphatic heterocycles. The monoisotopic (exact) mass is 298 g/mol. The number of amides is 1. The molecule has 1 aromatic carbocycles. The Bertz CT molecular complexity index is 662. The lowest BCUT2D eigenvalue weighted by Crippen LogP contribution is -3.11. The van der Waals surface area contributed by atoms with Gasteiger partial charge in [-0.2, -0.15) is 0 Å². The minimum Gasteiger partial charge on any atom is -0.350 e. The van der Waals surface area contributed by atoms with Gasteiger partial charge in [0.25, 0.3) is 5.91 Å². The second-order valence-corrected chi connectivity index (χ2v) is 6.19. The SMILES string of the molecule is Cc1ccccc1NC(=O)C[NH+]1CCC[C@H]1c1cccn1C. The molecule has 22 heavy (non-hydrogen) atoms. The summed E-state index contributed by atoms with van der Waals surface area (Å²) < 4.78 is 2.18. The van der Waals surface area contributed by atoms with Crippen LogP contribution in [0.25, 0.3) is 0 Å². The maximum absolute atomic E-state index is 12.4. The molecular formula is C18H24N3O+. The number of benzene rings is 1. The van der Waals surface area contributed by atoms with Gasteiger partial charge in [0.05, 0.1) is 12.2 Å². The van der Waals surface area contributed by atoms with Gasteiger partial charge in [-0.15, -0.1) is 0 Å². The van der Waals surface area contributed by atoms with Crippen molar-refractivity contribution in [2.45, 2.75) is 25.8 Å². The van der Waals surface area contributed by atoms with Crippen molar-refractivity contribution < 1.29 is 9.69 Å². The van der Waals surface area contributed by atoms with Gasteiger partial charge in [0, 0.05) is 31.8 Å². The zero-order chi connectivity index (χ0) is 15.5. The molecule has 0 bridgehead atoms. The van der Waals surface area contributed by atoms with E-state index in [-0.39, 0.29) is 5.91 Å². The lowest BCUT2D eigenvalue weighted by molar-refractivity contribution is -0.910. The number of carbonyl (C=O) groups excluding carboxylic acids is 1. The van der Waals surface area contributed by atoms with Crippen molar-refractivity contribution in [3.63, 3.8) is 0 Å². The van der Waals surface area contributed by atoms with Gasteiger partial charge < -0.3 is 14.8 Å². The van der Waals surface area contributed by atoms with Crippen LogP contribution in [0, 0.1) is 6.92 Å². The lowest BCUT2D eigenvalue weighted by Gasteiger charge is -2.22. The fourth-order valence-electron chi connectivity index (χ4n) is 3.43. The third-order valence-corrected chi connectivity index (χ3v) is 4.63. The van der Waals surface area contributed by atoms with Gasteiger partial charge >= 0.3 is 0 Å². The van der Waals surface area contributed by atoms with Crippen molar-refractivity contribution in [1.82, 2.24) is 4.57 Å². The topological polar surface area (TPSA) is 38.5 Å². The van der Waals surface area contributed by atoms with Crippen LogP contribution in [0.5, 0.6) is 0 Å². The molecule has 2 atom stereocenters. The Morgan fingerprint density at radius 2 is 2.14 bits per heavy atom. The van der Waals surface area contributed by atoms with E-state index in [1.165, 1.54) is 17.0 Å². The van der Waals surface area contributed by atoms with Crippen LogP contribution in [0.15, 0.2) is 42.6 Å². The van der Waals surface area contributed by atoms with Gasteiger partial charge in [0.15, 0.2) is 6.54 Å². The van der Waals surface area contributed by atoms with E-state index in [1.54, 1.807) is 0 Å². The number of rotatable bonds is 4. The molecule has 1 amide bonds. The highest BCUT2D eigenvalue weighted by atomic mass is 16.2. The molecule has 1 saturated heterocycles. The first kappa shape index (κ1) is 14.9. The molecule has 0 saturated carbocycles. The highest BCUT2D eigenvalue weighted by Gasteiger charge is 2.32. The number of likely N-dealkylation sites (tertiary alicyclic amines) is 1. The van der Waals surface area contributed by atoms with E-state index in [4.69, 9.17) is 0 Å². The summed E-state index contributed by atoms with van der Waals surface area (Å²) in [5.41, 5.74) is 3.35. The van der Waals surface area contributed by atoms with Gasteiger partial charge in [0.2, 0.25) is 0 Å². The smallest absolute Gasteiger partial charge is 0.279 e. The number of quaternary nitrogens is 1. The zero-order valence-corrected chi connectivity index (χ0v) is 13.3. The maximum atomic E-state index is 12.4. The Hall–Kier alpha value is -2.07. The number of hydrogen-bond acceptors (Lipinski definition) is 1. The summed E-state index contributed by atoms with van der Waals surface area (Å²) in [5, 5.41) is 3.05. The molecule has 1 unspecified atom stereocenters. The number of hydrogen-bond donors (Lipinski definition) is 2. The number of carbonyl (C=O) groups is 1. The third-order valence-electron chi connectivity index (χ3n) is 4.63. The summed E-state index contributed by atoms with van der Waals surface area (Å²) in [6.07, 6.45) is 4.42. The Balaban J connectivity index is 1.66. The maximum Gasteiger partial charge on any atom is 0.279 e. The molecule has 0 radical (unpaired) electrons. The number of nitrogens with one attached hydrogen (secondary N) is 2. The largest absolute Gasteiger partial charge is 0.350 e. The Labute approximate surface area is 131 Å². The summed E-state index contributed by atoms with van der Waals surface area (Å²) in [6.45, 7) is 3.62. The molecule has 1 aromatic heterocycles. The fourth-order valence-corrected chi connectivity index (χ4v) is 3.43. The molecule has 4 heteroatoms. The van der Waals surface area contributed by atoms with Crippen LogP contribution in [0.3, 0.4) is 0 Å². The van der Waals surface area contributed by atoms with Crippen molar-refractivity contribution >= 4 is 11.6 Å². The first-order valence-corrected chi connectivity index (χ1v) is 7.96. The Morgan fingerprint density at radius 1 is 1.32 bits per heavy atom. The van der Waals surface area contributed by atoms with E-state index < -0.39 is 0 Å². The normalized spacial score (nSPS) is 21.0. The average Bonchev–Trinajstić information content (AvgIpc) is 3.10. The third kappa shape index (κ3) is 3.07. The Kier molecular flexibility index (Phi) is 4.29. The molecule has 4 nitrogen and oxygen atoms in total. The minimum absolute atomic E-state index is 0.102. The molecule has 116 valence electrons. The van der Waals surface area contributed by atoms with Crippen LogP contribution in [0.1, 0.15) is 30.1 Å². The van der Waals surface area contributed by atoms with Gasteiger partial charge in [-0.25, -0.2) is 0 Å². The van der Waals surface area contributed by atoms with Gasteiger partial charge in [-0.05, 0) is 30.7 Å². The summed E-state index contributed by atoms with van der Waals surface area (Å²) in [6, 6.07) is 12.6. The van der Waals surface area contributed by atoms with Crippen LogP contribution in [0.2, 0.25) is 0 Å². The predicted molar refractivity (Wildman–Crippen MR) is 87.9 cm³/mol. The Morgan fingerprint density at radius 3 is 2.86 bits per heavy atom. The molecule has 2 heterocycles. The van der Waals surface area contributed by atoms with Crippen molar-refractivity contribution in [3.05, 3.63) is 53.9 Å². The zero-order valence-electron chi connectivity index (χ0n) is 13.3. The molecule has 0 spiro atoms. The molecular weight excluding hydrogens is 274 g/mol. The second kappa shape index (κ2) is 6.36. The highest BCUT2D eigenvalue weighted by molar-refractivity contribution is 5.92. The standard InChI is InChI=1S/C18H23N3O/c1-14-7-3-4-8-15(14)19-18(22)13-21-12-6-10-17(21)16-9-5-11-20(16)2/h3-5,7-9,11,17H,6,10,12-13H2,1-2H3,(H,19,22)/p+1/t17-/m0/s1. The molecule has 2 N–H and O–H groups in total. The molecule has 2 aromatic rings. The van der Waals surface area contributed by atoms with E-state index in [0.717, 1.165) is 24.2 Å². The van der Waals surface area contributed by atoms with Crippen molar-refractivity contribution in [3.8, 4) is 0 Å². The van der Waals surface area contributed by atoms with Crippen LogP contribution in [-0.2, 0) is 11.8 Å². The van der Waals surface area contributed by atoms with E-state index in [1.807, 2.05) is 31.2 Å². The lowest BCUT2D eigenvalue weighted by atomic mass is 10.1. The quantitative estimate of drug-likeness (QED) is 0.886. The highest BCUT2D eigenvalue weighted by Crippen LogP contribution is 2.19. The van der Waals surface area contributed by atoms with E-state index in [2.05, 4.69) is 35.3 Å². The molecule has 1 aliphatic rings. The van der Waals surface area contributed by atoms with Crippen LogP contribution in [0.4, 0.5) is 5.69 Å². The van der Waals surface area contributed by atoms with Crippen molar-refractivity contribution in [2.75, 3.05) is 18.4 Å². The first-order valence-electron chi connectivity index (χ1n) is 7.96. The van der Waals surface area contributed by atoms with Crippen molar-refractivity contribution in [1.29, 1.82) is 0 Å². The number of anilines is 1. The summed E-state index contributed by atoms with van der Waals surface area (Å²) in [4.78, 5) is 13.8. The van der Waals surface area contributed by atoms with Crippen molar-refractivity contribution in [2.24, 2.45) is 7.05 Å². The first-order chi connectivity index (χ1) is 10.6. The second-order valence-electron chi connectivity index (χ2n) is 6.19. The van der Waals surface area contributed by atoms with Crippen LogP contribution < -0.4 is 10.2 Å². The number of nitrogens with zero attached hydrogens (tertiary/aromatic N) is 1.